The molecule has 0 aromatic carbocycles. The van der Waals surface area contributed by atoms with Gasteiger partial charge < -0.3 is 5.32 Å². The van der Waals surface area contributed by atoms with Gasteiger partial charge in [0.15, 0.2) is 0 Å². The van der Waals surface area contributed by atoms with Crippen molar-refractivity contribution in [3.63, 3.8) is 0 Å². The number of nitrogens with one attached hydrogen (secondary N) is 1. The van der Waals surface area contributed by atoms with E-state index in [9.17, 15) is 8.42 Å². The van der Waals surface area contributed by atoms with Crippen LogP contribution in [-0.2, 0) is 10.2 Å². The summed E-state index contributed by atoms with van der Waals surface area (Å²) in [6, 6.07) is 0.165. The molecule has 2 saturated heterocycles. The topological polar surface area (TPSA) is 52.7 Å². The largest absolute Gasteiger partial charge is 0.316 e. The van der Waals surface area contributed by atoms with E-state index >= 15 is 0 Å². The minimum Gasteiger partial charge on any atom is -0.316 e. The fourth-order valence-electron chi connectivity index (χ4n) is 3.28. The van der Waals surface area contributed by atoms with E-state index in [0.717, 1.165) is 45.2 Å². The van der Waals surface area contributed by atoms with Crippen molar-refractivity contribution in [2.45, 2.75) is 52.0 Å². The van der Waals surface area contributed by atoms with Gasteiger partial charge in [0.25, 0.3) is 10.2 Å². The Morgan fingerprint density at radius 1 is 1.20 bits per heavy atom. The van der Waals surface area contributed by atoms with Crippen LogP contribution in [0, 0.1) is 5.92 Å². The van der Waals surface area contributed by atoms with Crippen molar-refractivity contribution < 1.29 is 8.42 Å². The smallest absolute Gasteiger partial charge is 0.282 e. The number of hydrogen-bond acceptors (Lipinski definition) is 3. The first-order valence-electron chi connectivity index (χ1n) is 8.03. The minimum atomic E-state index is -3.24. The van der Waals surface area contributed by atoms with Gasteiger partial charge in [0.2, 0.25) is 0 Å². The summed E-state index contributed by atoms with van der Waals surface area (Å²) in [7, 11) is -3.24. The first-order valence-corrected chi connectivity index (χ1v) is 9.43. The highest BCUT2D eigenvalue weighted by Gasteiger charge is 2.37. The van der Waals surface area contributed by atoms with Gasteiger partial charge in [-0.2, -0.15) is 17.0 Å². The van der Waals surface area contributed by atoms with Crippen LogP contribution in [0.5, 0.6) is 0 Å². The zero-order valence-electron chi connectivity index (χ0n) is 12.8. The van der Waals surface area contributed by atoms with E-state index in [1.165, 1.54) is 0 Å². The second kappa shape index (κ2) is 7.20. The molecule has 0 aliphatic carbocycles. The van der Waals surface area contributed by atoms with Crippen molar-refractivity contribution in [3.05, 3.63) is 0 Å². The quantitative estimate of drug-likeness (QED) is 0.755. The average molecular weight is 303 g/mol. The monoisotopic (exact) mass is 303 g/mol. The summed E-state index contributed by atoms with van der Waals surface area (Å²) in [6.45, 7) is 8.20. The summed E-state index contributed by atoms with van der Waals surface area (Å²) in [5, 5.41) is 3.42. The van der Waals surface area contributed by atoms with Gasteiger partial charge in [-0.25, -0.2) is 0 Å². The van der Waals surface area contributed by atoms with E-state index in [-0.39, 0.29) is 6.04 Å². The molecule has 2 aliphatic rings. The van der Waals surface area contributed by atoms with E-state index < -0.39 is 10.2 Å². The molecule has 0 saturated carbocycles. The lowest BCUT2D eigenvalue weighted by Crippen LogP contribution is -2.50. The van der Waals surface area contributed by atoms with Crippen LogP contribution in [-0.4, -0.2) is 55.8 Å². The molecule has 0 aromatic heterocycles. The SMILES string of the molecule is CCCNCC1CCCN(S(=O)(=O)N2CCCC2C)C1. The van der Waals surface area contributed by atoms with Crippen LogP contribution in [0.3, 0.4) is 0 Å². The maximum absolute atomic E-state index is 12.7. The zero-order chi connectivity index (χ0) is 14.6. The molecule has 0 aromatic rings. The Kier molecular flexibility index (Phi) is 5.84. The van der Waals surface area contributed by atoms with Gasteiger partial charge in [-0.15, -0.1) is 0 Å². The van der Waals surface area contributed by atoms with Gasteiger partial charge in [0, 0.05) is 25.7 Å². The molecule has 118 valence electrons. The number of rotatable bonds is 6. The first kappa shape index (κ1) is 16.2. The molecule has 0 amide bonds. The Hall–Kier alpha value is -0.170. The predicted octanol–water partition coefficient (Wildman–Crippen LogP) is 1.43. The molecule has 0 spiro atoms. The lowest BCUT2D eigenvalue weighted by atomic mass is 10.00. The summed E-state index contributed by atoms with van der Waals surface area (Å²) in [4.78, 5) is 0. The molecule has 20 heavy (non-hydrogen) atoms. The highest BCUT2D eigenvalue weighted by atomic mass is 32.2. The molecule has 2 fully saturated rings. The number of hydrogen-bond donors (Lipinski definition) is 1. The fraction of sp³-hybridized carbons (Fsp3) is 1.00. The van der Waals surface area contributed by atoms with E-state index in [1.807, 2.05) is 6.92 Å². The maximum Gasteiger partial charge on any atom is 0.282 e. The van der Waals surface area contributed by atoms with Crippen molar-refractivity contribution >= 4 is 10.2 Å². The lowest BCUT2D eigenvalue weighted by molar-refractivity contribution is 0.240. The molecular formula is C14H29N3O2S. The Morgan fingerprint density at radius 2 is 1.95 bits per heavy atom. The van der Waals surface area contributed by atoms with Crippen LogP contribution < -0.4 is 5.32 Å². The number of nitrogens with zero attached hydrogens (tertiary/aromatic N) is 2. The molecule has 2 aliphatic heterocycles. The van der Waals surface area contributed by atoms with Crippen molar-refractivity contribution in [2.75, 3.05) is 32.7 Å². The highest BCUT2D eigenvalue weighted by molar-refractivity contribution is 7.86. The molecule has 0 bridgehead atoms. The Labute approximate surface area is 123 Å². The van der Waals surface area contributed by atoms with Crippen LogP contribution in [0.1, 0.15) is 46.0 Å². The van der Waals surface area contributed by atoms with Gasteiger partial charge >= 0.3 is 0 Å². The minimum absolute atomic E-state index is 0.165. The van der Waals surface area contributed by atoms with E-state index in [4.69, 9.17) is 0 Å². The zero-order valence-corrected chi connectivity index (χ0v) is 13.7. The summed E-state index contributed by atoms with van der Waals surface area (Å²) in [5.41, 5.74) is 0. The third-order valence-electron chi connectivity index (χ3n) is 4.46. The summed E-state index contributed by atoms with van der Waals surface area (Å²) in [6.07, 6.45) is 5.24. The van der Waals surface area contributed by atoms with Crippen molar-refractivity contribution in [3.8, 4) is 0 Å². The van der Waals surface area contributed by atoms with Gasteiger partial charge in [0.1, 0.15) is 0 Å². The molecule has 2 unspecified atom stereocenters. The molecular weight excluding hydrogens is 274 g/mol. The molecule has 6 heteroatoms. The molecule has 5 nitrogen and oxygen atoms in total. The second-order valence-electron chi connectivity index (χ2n) is 6.18. The molecule has 1 N–H and O–H groups in total. The van der Waals surface area contributed by atoms with Crippen LogP contribution in [0.25, 0.3) is 0 Å². The van der Waals surface area contributed by atoms with Crippen LogP contribution in [0.4, 0.5) is 0 Å². The van der Waals surface area contributed by atoms with Gasteiger partial charge in [-0.3, -0.25) is 0 Å². The third kappa shape index (κ3) is 3.72. The fourth-order valence-corrected chi connectivity index (χ4v) is 5.26. The molecule has 2 heterocycles. The van der Waals surface area contributed by atoms with Gasteiger partial charge in [-0.1, -0.05) is 6.92 Å². The maximum atomic E-state index is 12.7. The standard InChI is InChI=1S/C14H29N3O2S/c1-3-8-15-11-14-7-5-9-16(12-14)20(18,19)17-10-4-6-13(17)2/h13-15H,3-12H2,1-2H3. The second-order valence-corrected chi connectivity index (χ2v) is 8.06. The Balaban J connectivity index is 1.93. The normalized spacial score (nSPS) is 29.9. The predicted molar refractivity (Wildman–Crippen MR) is 81.8 cm³/mol. The third-order valence-corrected chi connectivity index (χ3v) is 6.58. The van der Waals surface area contributed by atoms with Crippen LogP contribution >= 0.6 is 0 Å². The van der Waals surface area contributed by atoms with Crippen molar-refractivity contribution in [1.82, 2.24) is 13.9 Å². The van der Waals surface area contributed by atoms with Crippen LogP contribution in [0.15, 0.2) is 0 Å². The molecule has 0 radical (unpaired) electrons. The average Bonchev–Trinajstić information content (AvgIpc) is 2.86. The summed E-state index contributed by atoms with van der Waals surface area (Å²) < 4.78 is 28.8. The number of piperidine rings is 1. The van der Waals surface area contributed by atoms with E-state index in [0.29, 0.717) is 25.6 Å². The summed E-state index contributed by atoms with van der Waals surface area (Å²) in [5.74, 6) is 0.461. The molecule has 2 rings (SSSR count). The van der Waals surface area contributed by atoms with Crippen LogP contribution in [0.2, 0.25) is 0 Å². The lowest BCUT2D eigenvalue weighted by Gasteiger charge is -2.35. The first-order chi connectivity index (χ1) is 9.55. The van der Waals surface area contributed by atoms with Gasteiger partial charge in [0.05, 0.1) is 0 Å². The summed E-state index contributed by atoms with van der Waals surface area (Å²) >= 11 is 0. The van der Waals surface area contributed by atoms with E-state index in [1.54, 1.807) is 8.61 Å². The van der Waals surface area contributed by atoms with Gasteiger partial charge in [-0.05, 0) is 58.0 Å². The molecule has 2 atom stereocenters. The Morgan fingerprint density at radius 3 is 2.60 bits per heavy atom. The highest BCUT2D eigenvalue weighted by Crippen LogP contribution is 2.26. The Bertz CT molecular complexity index is 399. The van der Waals surface area contributed by atoms with Crippen molar-refractivity contribution in [2.24, 2.45) is 5.92 Å². The van der Waals surface area contributed by atoms with E-state index in [2.05, 4.69) is 12.2 Å². The van der Waals surface area contributed by atoms with Crippen molar-refractivity contribution in [1.29, 1.82) is 0 Å².